The van der Waals surface area contributed by atoms with Gasteiger partial charge in [0.15, 0.2) is 0 Å². The Hall–Kier alpha value is -1.30. The van der Waals surface area contributed by atoms with Crippen molar-refractivity contribution in [3.05, 3.63) is 0 Å². The zero-order chi connectivity index (χ0) is 13.9. The van der Waals surface area contributed by atoms with Crippen molar-refractivity contribution in [2.75, 3.05) is 26.7 Å². The van der Waals surface area contributed by atoms with Crippen LogP contribution < -0.4 is 5.32 Å². The third kappa shape index (κ3) is 3.60. The first-order valence-corrected chi connectivity index (χ1v) is 6.07. The topological polar surface area (TPSA) is 78.9 Å². The fourth-order valence-corrected chi connectivity index (χ4v) is 1.67. The van der Waals surface area contributed by atoms with Crippen LogP contribution >= 0.6 is 0 Å². The van der Waals surface area contributed by atoms with Gasteiger partial charge in [0.1, 0.15) is 0 Å². The maximum atomic E-state index is 11.7. The molecular weight excluding hydrogens is 236 g/mol. The second kappa shape index (κ2) is 5.56. The monoisotopic (exact) mass is 258 g/mol. The van der Waals surface area contributed by atoms with Crippen LogP contribution in [0.4, 0.5) is 4.79 Å². The molecule has 1 atom stereocenters. The van der Waals surface area contributed by atoms with Crippen LogP contribution in [0.3, 0.4) is 0 Å². The van der Waals surface area contributed by atoms with Crippen LogP contribution in [0, 0.1) is 11.8 Å². The van der Waals surface area contributed by atoms with Gasteiger partial charge in [-0.2, -0.15) is 0 Å². The molecule has 0 aliphatic carbocycles. The van der Waals surface area contributed by atoms with Gasteiger partial charge < -0.3 is 20.1 Å². The van der Waals surface area contributed by atoms with Crippen molar-refractivity contribution in [2.45, 2.75) is 26.4 Å². The van der Waals surface area contributed by atoms with Crippen molar-refractivity contribution in [3.8, 4) is 0 Å². The number of ether oxygens (including phenoxy) is 1. The molecule has 1 rings (SSSR count). The summed E-state index contributed by atoms with van der Waals surface area (Å²) in [7, 11) is 1.60. The third-order valence-electron chi connectivity index (χ3n) is 3.51. The van der Waals surface area contributed by atoms with Crippen molar-refractivity contribution in [3.63, 3.8) is 0 Å². The minimum atomic E-state index is -0.805. The maximum Gasteiger partial charge on any atom is 0.317 e. The molecule has 1 aliphatic heterocycles. The molecule has 1 heterocycles. The summed E-state index contributed by atoms with van der Waals surface area (Å²) in [6, 6.07) is -0.158. The van der Waals surface area contributed by atoms with E-state index >= 15 is 0 Å². The number of likely N-dealkylation sites (tertiary alicyclic amines) is 1. The minimum Gasteiger partial charge on any atom is -0.481 e. The van der Waals surface area contributed by atoms with Gasteiger partial charge in [0.2, 0.25) is 0 Å². The Morgan fingerprint density at radius 3 is 2.50 bits per heavy atom. The van der Waals surface area contributed by atoms with Gasteiger partial charge in [-0.1, -0.05) is 6.92 Å². The van der Waals surface area contributed by atoms with Crippen molar-refractivity contribution in [1.29, 1.82) is 0 Å². The highest BCUT2D eigenvalue weighted by Gasteiger charge is 2.37. The smallest absolute Gasteiger partial charge is 0.317 e. The first kappa shape index (κ1) is 14.8. The minimum absolute atomic E-state index is 0.0590. The zero-order valence-corrected chi connectivity index (χ0v) is 11.4. The fraction of sp³-hybridized carbons (Fsp3) is 0.833. The van der Waals surface area contributed by atoms with Gasteiger partial charge in [-0.25, -0.2) is 4.79 Å². The number of aliphatic carboxylic acids is 1. The Morgan fingerprint density at radius 1 is 1.50 bits per heavy atom. The van der Waals surface area contributed by atoms with Crippen LogP contribution in [0.15, 0.2) is 0 Å². The quantitative estimate of drug-likeness (QED) is 0.763. The molecule has 0 aromatic carbocycles. The number of carboxylic acids is 1. The molecule has 6 heteroatoms. The van der Waals surface area contributed by atoms with Gasteiger partial charge >= 0.3 is 12.0 Å². The number of hydrogen-bond donors (Lipinski definition) is 2. The second-order valence-corrected chi connectivity index (χ2v) is 5.41. The highest BCUT2D eigenvalue weighted by atomic mass is 16.5. The van der Waals surface area contributed by atoms with E-state index in [0.717, 1.165) is 0 Å². The number of carbonyl (C=O) groups is 2. The van der Waals surface area contributed by atoms with Gasteiger partial charge in [0, 0.05) is 32.7 Å². The molecule has 18 heavy (non-hydrogen) atoms. The van der Waals surface area contributed by atoms with Crippen molar-refractivity contribution >= 4 is 12.0 Å². The first-order valence-electron chi connectivity index (χ1n) is 6.07. The number of nitrogens with one attached hydrogen (secondary N) is 1. The average molecular weight is 258 g/mol. The first-order chi connectivity index (χ1) is 8.26. The molecule has 6 nitrogen and oxygen atoms in total. The molecule has 2 N–H and O–H groups in total. The van der Waals surface area contributed by atoms with Gasteiger partial charge in [0.25, 0.3) is 0 Å². The number of urea groups is 1. The molecular formula is C12H22N2O4. The lowest BCUT2D eigenvalue weighted by Gasteiger charge is -2.41. The van der Waals surface area contributed by atoms with Gasteiger partial charge in [-0.3, -0.25) is 4.79 Å². The number of amides is 2. The molecule has 0 bridgehead atoms. The number of hydrogen-bond acceptors (Lipinski definition) is 3. The molecule has 0 aromatic heterocycles. The summed E-state index contributed by atoms with van der Waals surface area (Å²) in [5.74, 6) is -1.14. The predicted octanol–water partition coefficient (Wildman–Crippen LogP) is 0.773. The lowest BCUT2D eigenvalue weighted by Crippen LogP contribution is -2.57. The number of carboxylic acid groups (broad SMARTS) is 1. The van der Waals surface area contributed by atoms with Crippen LogP contribution in [0.25, 0.3) is 0 Å². The molecule has 1 fully saturated rings. The van der Waals surface area contributed by atoms with Crippen molar-refractivity contribution in [2.24, 2.45) is 11.8 Å². The SMILES string of the molecule is COC(C)(C)CNC(=O)N1CC(C(C)C(=O)O)C1. The molecule has 1 saturated heterocycles. The third-order valence-corrected chi connectivity index (χ3v) is 3.51. The predicted molar refractivity (Wildman–Crippen MR) is 66.3 cm³/mol. The molecule has 2 amide bonds. The summed E-state index contributed by atoms with van der Waals surface area (Å²) in [6.07, 6.45) is 0. The standard InChI is InChI=1S/C12H22N2O4/c1-8(10(15)16)9-5-14(6-9)11(17)13-7-12(2,3)18-4/h8-9H,5-7H2,1-4H3,(H,13,17)(H,15,16). The molecule has 104 valence electrons. The van der Waals surface area contributed by atoms with Crippen LogP contribution in [0.5, 0.6) is 0 Å². The summed E-state index contributed by atoms with van der Waals surface area (Å²) < 4.78 is 5.20. The van der Waals surface area contributed by atoms with E-state index in [0.29, 0.717) is 19.6 Å². The number of methoxy groups -OCH3 is 1. The molecule has 1 unspecified atom stereocenters. The molecule has 0 aromatic rings. The van der Waals surface area contributed by atoms with E-state index in [1.807, 2.05) is 13.8 Å². The maximum absolute atomic E-state index is 11.7. The van der Waals surface area contributed by atoms with Gasteiger partial charge in [0.05, 0.1) is 11.5 Å². The Morgan fingerprint density at radius 2 is 2.06 bits per heavy atom. The number of rotatable bonds is 5. The molecule has 0 radical (unpaired) electrons. The highest BCUT2D eigenvalue weighted by Crippen LogP contribution is 2.23. The van der Waals surface area contributed by atoms with Crippen LogP contribution in [0.1, 0.15) is 20.8 Å². The zero-order valence-electron chi connectivity index (χ0n) is 11.4. The lowest BCUT2D eigenvalue weighted by atomic mass is 9.87. The average Bonchev–Trinajstić information content (AvgIpc) is 2.24. The van der Waals surface area contributed by atoms with Crippen LogP contribution in [-0.2, 0) is 9.53 Å². The van der Waals surface area contributed by atoms with Crippen LogP contribution in [-0.4, -0.2) is 54.4 Å². The summed E-state index contributed by atoms with van der Waals surface area (Å²) in [5.41, 5.74) is -0.395. The normalized spacial score (nSPS) is 18.1. The van der Waals surface area contributed by atoms with Crippen molar-refractivity contribution in [1.82, 2.24) is 10.2 Å². The van der Waals surface area contributed by atoms with E-state index in [1.165, 1.54) is 0 Å². The Balaban J connectivity index is 2.29. The van der Waals surface area contributed by atoms with E-state index in [-0.39, 0.29) is 11.9 Å². The van der Waals surface area contributed by atoms with E-state index in [4.69, 9.17) is 9.84 Å². The van der Waals surface area contributed by atoms with Crippen LogP contribution in [0.2, 0.25) is 0 Å². The highest BCUT2D eigenvalue weighted by molar-refractivity contribution is 5.76. The van der Waals surface area contributed by atoms with E-state index in [2.05, 4.69) is 5.32 Å². The Kier molecular flexibility index (Phi) is 4.56. The van der Waals surface area contributed by atoms with E-state index in [1.54, 1.807) is 18.9 Å². The summed E-state index contributed by atoms with van der Waals surface area (Å²) >= 11 is 0. The van der Waals surface area contributed by atoms with Crippen molar-refractivity contribution < 1.29 is 19.4 Å². The van der Waals surface area contributed by atoms with Gasteiger partial charge in [-0.05, 0) is 13.8 Å². The van der Waals surface area contributed by atoms with Gasteiger partial charge in [-0.15, -0.1) is 0 Å². The Bertz CT molecular complexity index is 324. The molecule has 0 spiro atoms. The second-order valence-electron chi connectivity index (χ2n) is 5.41. The summed E-state index contributed by atoms with van der Waals surface area (Å²) in [5, 5.41) is 11.6. The number of carbonyl (C=O) groups excluding carboxylic acids is 1. The van der Waals surface area contributed by atoms with E-state index < -0.39 is 17.5 Å². The largest absolute Gasteiger partial charge is 0.481 e. The summed E-state index contributed by atoms with van der Waals surface area (Å²) in [4.78, 5) is 24.1. The fourth-order valence-electron chi connectivity index (χ4n) is 1.67. The Labute approximate surface area is 107 Å². The molecule has 1 aliphatic rings. The summed E-state index contributed by atoms with van der Waals surface area (Å²) in [6.45, 7) is 6.89. The number of nitrogens with zero attached hydrogens (tertiary/aromatic N) is 1. The van der Waals surface area contributed by atoms with E-state index in [9.17, 15) is 9.59 Å². The molecule has 0 saturated carbocycles. The lowest BCUT2D eigenvalue weighted by molar-refractivity contribution is -0.144.